The van der Waals surface area contributed by atoms with Crippen molar-refractivity contribution in [2.75, 3.05) is 26.4 Å². The highest BCUT2D eigenvalue weighted by molar-refractivity contribution is 4.74. The SMILES string of the molecule is FCCCCCOC1CNC1. The molecule has 66 valence electrons. The first-order valence-corrected chi connectivity index (χ1v) is 4.32. The van der Waals surface area contributed by atoms with Crippen molar-refractivity contribution in [2.45, 2.75) is 25.4 Å². The molecule has 2 nitrogen and oxygen atoms in total. The fourth-order valence-electron chi connectivity index (χ4n) is 1.00. The van der Waals surface area contributed by atoms with Crippen molar-refractivity contribution in [3.05, 3.63) is 0 Å². The molecule has 0 aromatic heterocycles. The maximum absolute atomic E-state index is 11.6. The van der Waals surface area contributed by atoms with Crippen LogP contribution in [0.15, 0.2) is 0 Å². The summed E-state index contributed by atoms with van der Waals surface area (Å²) in [7, 11) is 0. The van der Waals surface area contributed by atoms with Gasteiger partial charge < -0.3 is 10.1 Å². The average molecular weight is 161 g/mol. The van der Waals surface area contributed by atoms with Gasteiger partial charge in [0.15, 0.2) is 0 Å². The highest BCUT2D eigenvalue weighted by atomic mass is 19.1. The zero-order valence-electron chi connectivity index (χ0n) is 6.81. The molecular weight excluding hydrogens is 145 g/mol. The molecule has 0 radical (unpaired) electrons. The molecule has 0 atom stereocenters. The van der Waals surface area contributed by atoms with Crippen LogP contribution >= 0.6 is 0 Å². The molecule has 1 fully saturated rings. The van der Waals surface area contributed by atoms with Gasteiger partial charge in [0, 0.05) is 19.7 Å². The molecule has 0 saturated carbocycles. The standard InChI is InChI=1S/C8H16FNO/c9-4-2-1-3-5-11-8-6-10-7-8/h8,10H,1-7H2. The van der Waals surface area contributed by atoms with Crippen LogP contribution in [0, 0.1) is 0 Å². The fourth-order valence-corrected chi connectivity index (χ4v) is 1.00. The monoisotopic (exact) mass is 161 g/mol. The Hall–Kier alpha value is -0.150. The van der Waals surface area contributed by atoms with Gasteiger partial charge >= 0.3 is 0 Å². The molecular formula is C8H16FNO. The van der Waals surface area contributed by atoms with Crippen LogP contribution in [-0.2, 0) is 4.74 Å². The van der Waals surface area contributed by atoms with Crippen LogP contribution in [0.5, 0.6) is 0 Å². The van der Waals surface area contributed by atoms with E-state index in [1.165, 1.54) is 0 Å². The minimum atomic E-state index is -0.189. The Balaban J connectivity index is 1.73. The molecule has 3 heteroatoms. The van der Waals surface area contributed by atoms with E-state index >= 15 is 0 Å². The predicted octanol–water partition coefficient (Wildman–Crippen LogP) is 1.11. The second kappa shape index (κ2) is 5.49. The van der Waals surface area contributed by atoms with E-state index < -0.39 is 0 Å². The largest absolute Gasteiger partial charge is 0.376 e. The van der Waals surface area contributed by atoms with Crippen LogP contribution in [0.4, 0.5) is 4.39 Å². The van der Waals surface area contributed by atoms with Crippen LogP contribution in [-0.4, -0.2) is 32.5 Å². The van der Waals surface area contributed by atoms with E-state index in [1.54, 1.807) is 0 Å². The topological polar surface area (TPSA) is 21.3 Å². The molecule has 0 unspecified atom stereocenters. The quantitative estimate of drug-likeness (QED) is 0.589. The Kier molecular flexibility index (Phi) is 4.47. The summed E-state index contributed by atoms with van der Waals surface area (Å²) in [6.07, 6.45) is 3.07. The molecule has 0 aromatic carbocycles. The Bertz CT molecular complexity index is 96.1. The molecule has 11 heavy (non-hydrogen) atoms. The van der Waals surface area contributed by atoms with E-state index in [0.717, 1.165) is 32.5 Å². The predicted molar refractivity (Wildman–Crippen MR) is 42.4 cm³/mol. The molecule has 1 saturated heterocycles. The van der Waals surface area contributed by atoms with Crippen molar-refractivity contribution in [1.82, 2.24) is 5.32 Å². The van der Waals surface area contributed by atoms with Crippen LogP contribution in [0.1, 0.15) is 19.3 Å². The summed E-state index contributed by atoms with van der Waals surface area (Å²) in [5.41, 5.74) is 0. The second-order valence-corrected chi connectivity index (χ2v) is 2.90. The minimum absolute atomic E-state index is 0.189. The number of nitrogens with one attached hydrogen (secondary N) is 1. The molecule has 1 aliphatic rings. The Morgan fingerprint density at radius 3 is 2.64 bits per heavy atom. The summed E-state index contributed by atoms with van der Waals surface area (Å²) in [4.78, 5) is 0. The molecule has 0 aliphatic carbocycles. The summed E-state index contributed by atoms with van der Waals surface area (Å²) in [5.74, 6) is 0. The maximum Gasteiger partial charge on any atom is 0.0894 e. The molecule has 0 aromatic rings. The van der Waals surface area contributed by atoms with E-state index in [-0.39, 0.29) is 6.67 Å². The van der Waals surface area contributed by atoms with Crippen molar-refractivity contribution in [3.8, 4) is 0 Å². The normalized spacial score (nSPS) is 18.3. The number of hydrogen-bond donors (Lipinski definition) is 1. The zero-order chi connectivity index (χ0) is 7.94. The van der Waals surface area contributed by atoms with Crippen molar-refractivity contribution in [2.24, 2.45) is 0 Å². The Morgan fingerprint density at radius 2 is 2.09 bits per heavy atom. The average Bonchev–Trinajstić information content (AvgIpc) is 1.93. The zero-order valence-corrected chi connectivity index (χ0v) is 6.81. The van der Waals surface area contributed by atoms with E-state index in [9.17, 15) is 4.39 Å². The van der Waals surface area contributed by atoms with Gasteiger partial charge in [-0.1, -0.05) is 0 Å². The lowest BCUT2D eigenvalue weighted by Crippen LogP contribution is -2.48. The highest BCUT2D eigenvalue weighted by Gasteiger charge is 2.15. The Morgan fingerprint density at radius 1 is 1.27 bits per heavy atom. The first kappa shape index (κ1) is 8.94. The van der Waals surface area contributed by atoms with E-state index in [2.05, 4.69) is 5.32 Å². The summed E-state index contributed by atoms with van der Waals surface area (Å²) in [6, 6.07) is 0. The van der Waals surface area contributed by atoms with Gasteiger partial charge in [0.1, 0.15) is 0 Å². The van der Waals surface area contributed by atoms with Gasteiger partial charge in [-0.05, 0) is 19.3 Å². The van der Waals surface area contributed by atoms with Gasteiger partial charge in [-0.15, -0.1) is 0 Å². The van der Waals surface area contributed by atoms with Gasteiger partial charge in [-0.25, -0.2) is 0 Å². The van der Waals surface area contributed by atoms with Crippen molar-refractivity contribution >= 4 is 0 Å². The summed E-state index contributed by atoms with van der Waals surface area (Å²) < 4.78 is 17.0. The first-order valence-electron chi connectivity index (χ1n) is 4.32. The van der Waals surface area contributed by atoms with Gasteiger partial charge in [-0.3, -0.25) is 4.39 Å². The highest BCUT2D eigenvalue weighted by Crippen LogP contribution is 2.01. The van der Waals surface area contributed by atoms with Crippen molar-refractivity contribution in [1.29, 1.82) is 0 Å². The van der Waals surface area contributed by atoms with E-state index in [0.29, 0.717) is 12.5 Å². The number of rotatable bonds is 6. The number of unbranched alkanes of at least 4 members (excludes halogenated alkanes) is 2. The number of alkyl halides is 1. The van der Waals surface area contributed by atoms with Crippen molar-refractivity contribution < 1.29 is 9.13 Å². The summed E-state index contributed by atoms with van der Waals surface area (Å²) in [6.45, 7) is 2.59. The second-order valence-electron chi connectivity index (χ2n) is 2.90. The van der Waals surface area contributed by atoms with Crippen LogP contribution in [0.25, 0.3) is 0 Å². The lowest BCUT2D eigenvalue weighted by Gasteiger charge is -2.26. The maximum atomic E-state index is 11.6. The molecule has 0 amide bonds. The van der Waals surface area contributed by atoms with Gasteiger partial charge in [0.25, 0.3) is 0 Å². The summed E-state index contributed by atoms with van der Waals surface area (Å²) >= 11 is 0. The first-order chi connectivity index (χ1) is 5.43. The van der Waals surface area contributed by atoms with Gasteiger partial charge in [-0.2, -0.15) is 0 Å². The lowest BCUT2D eigenvalue weighted by atomic mass is 10.2. The molecule has 0 spiro atoms. The fraction of sp³-hybridized carbons (Fsp3) is 1.00. The Labute approximate surface area is 67.1 Å². The lowest BCUT2D eigenvalue weighted by molar-refractivity contribution is 0.0169. The van der Waals surface area contributed by atoms with Gasteiger partial charge in [0.2, 0.25) is 0 Å². The van der Waals surface area contributed by atoms with Crippen LogP contribution < -0.4 is 5.32 Å². The summed E-state index contributed by atoms with van der Waals surface area (Å²) in [5, 5.41) is 3.13. The minimum Gasteiger partial charge on any atom is -0.376 e. The van der Waals surface area contributed by atoms with Crippen molar-refractivity contribution in [3.63, 3.8) is 0 Å². The third-order valence-corrected chi connectivity index (χ3v) is 1.88. The van der Waals surface area contributed by atoms with E-state index in [1.807, 2.05) is 0 Å². The smallest absolute Gasteiger partial charge is 0.0894 e. The third-order valence-electron chi connectivity index (χ3n) is 1.88. The third kappa shape index (κ3) is 3.68. The number of halogens is 1. The molecule has 1 aliphatic heterocycles. The van der Waals surface area contributed by atoms with Crippen LogP contribution in [0.3, 0.4) is 0 Å². The number of ether oxygens (including phenoxy) is 1. The number of hydrogen-bond acceptors (Lipinski definition) is 2. The van der Waals surface area contributed by atoms with Crippen LogP contribution in [0.2, 0.25) is 0 Å². The molecule has 1 rings (SSSR count). The molecule has 1 heterocycles. The molecule has 1 N–H and O–H groups in total. The molecule has 0 bridgehead atoms. The van der Waals surface area contributed by atoms with E-state index in [4.69, 9.17) is 4.74 Å². The van der Waals surface area contributed by atoms with Gasteiger partial charge in [0.05, 0.1) is 12.8 Å².